The minimum Gasteiger partial charge on any atom is -0.442 e. The van der Waals surface area contributed by atoms with E-state index < -0.39 is 11.7 Å². The van der Waals surface area contributed by atoms with E-state index in [1.165, 1.54) is 5.56 Å². The van der Waals surface area contributed by atoms with Crippen molar-refractivity contribution in [1.29, 1.82) is 0 Å². The molecule has 2 rings (SSSR count). The van der Waals surface area contributed by atoms with E-state index in [2.05, 4.69) is 4.90 Å². The van der Waals surface area contributed by atoms with Gasteiger partial charge in [-0.1, -0.05) is 12.1 Å². The predicted octanol–water partition coefficient (Wildman–Crippen LogP) is 2.13. The fourth-order valence-corrected chi connectivity index (χ4v) is 2.20. The van der Waals surface area contributed by atoms with Crippen LogP contribution in [0.1, 0.15) is 26.3 Å². The van der Waals surface area contributed by atoms with Crippen molar-refractivity contribution in [2.45, 2.75) is 32.9 Å². The Kier molecular flexibility index (Phi) is 5.39. The second-order valence-corrected chi connectivity index (χ2v) is 6.41. The monoisotopic (exact) mass is 307 g/mol. The topological polar surface area (TPSA) is 68.0 Å². The van der Waals surface area contributed by atoms with E-state index in [0.717, 1.165) is 37.9 Å². The molecule has 1 aliphatic rings. The Labute approximate surface area is 131 Å². The number of carbonyl (C=O) groups is 1. The number of hydrogen-bond acceptors (Lipinski definition) is 5. The lowest BCUT2D eigenvalue weighted by Gasteiger charge is -2.27. The van der Waals surface area contributed by atoms with Crippen molar-refractivity contribution in [3.05, 3.63) is 29.8 Å². The van der Waals surface area contributed by atoms with Gasteiger partial charge in [-0.05, 0) is 38.5 Å². The molecule has 0 bridgehead atoms. The van der Waals surface area contributed by atoms with Crippen molar-refractivity contribution >= 4 is 11.8 Å². The molecule has 1 amide bonds. The Morgan fingerprint density at radius 3 is 2.41 bits per heavy atom. The molecule has 1 saturated heterocycles. The average Bonchev–Trinajstić information content (AvgIpc) is 2.46. The van der Waals surface area contributed by atoms with Gasteiger partial charge in [0, 0.05) is 19.6 Å². The van der Waals surface area contributed by atoms with Crippen molar-refractivity contribution in [3.63, 3.8) is 0 Å². The normalized spacial score (nSPS) is 16.4. The molecule has 0 unspecified atom stereocenters. The van der Waals surface area contributed by atoms with E-state index in [1.807, 2.05) is 45.0 Å². The number of nitrogens with two attached hydrogens (primary N) is 1. The Morgan fingerprint density at radius 2 is 1.86 bits per heavy atom. The lowest BCUT2D eigenvalue weighted by Crippen LogP contribution is -2.41. The number of benzene rings is 1. The lowest BCUT2D eigenvalue weighted by molar-refractivity contribution is 0.0342. The zero-order valence-corrected chi connectivity index (χ0v) is 13.5. The van der Waals surface area contributed by atoms with E-state index in [4.69, 9.17) is 15.3 Å². The predicted molar refractivity (Wildman–Crippen MR) is 85.4 cm³/mol. The summed E-state index contributed by atoms with van der Waals surface area (Å²) >= 11 is 0. The number of ether oxygens (including phenoxy) is 2. The van der Waals surface area contributed by atoms with Gasteiger partial charge in [-0.3, -0.25) is 4.90 Å². The first kappa shape index (κ1) is 16.7. The lowest BCUT2D eigenvalue weighted by atomic mass is 10.2. The van der Waals surface area contributed by atoms with Crippen LogP contribution < -0.4 is 10.9 Å². The van der Waals surface area contributed by atoms with Crippen molar-refractivity contribution < 1.29 is 14.3 Å². The summed E-state index contributed by atoms with van der Waals surface area (Å²) in [5.74, 6) is 5.81. The molecule has 1 heterocycles. The first-order chi connectivity index (χ1) is 10.3. The second-order valence-electron chi connectivity index (χ2n) is 6.41. The number of amides is 1. The van der Waals surface area contributed by atoms with Crippen LogP contribution in [-0.2, 0) is 16.0 Å². The van der Waals surface area contributed by atoms with Gasteiger partial charge in [-0.15, -0.1) is 0 Å². The van der Waals surface area contributed by atoms with E-state index >= 15 is 0 Å². The number of nitrogens with zero attached hydrogens (tertiary/aromatic N) is 2. The molecule has 0 spiro atoms. The van der Waals surface area contributed by atoms with Crippen LogP contribution in [0.15, 0.2) is 24.3 Å². The molecule has 22 heavy (non-hydrogen) atoms. The SMILES string of the molecule is CC(C)(C)OC(=O)N(N)c1ccc(CN2CCOCC2)cc1. The third-order valence-corrected chi connectivity index (χ3v) is 3.31. The summed E-state index contributed by atoms with van der Waals surface area (Å²) in [4.78, 5) is 14.3. The molecule has 1 aliphatic heterocycles. The van der Waals surface area contributed by atoms with Gasteiger partial charge in [0.2, 0.25) is 0 Å². The maximum absolute atomic E-state index is 11.9. The van der Waals surface area contributed by atoms with Gasteiger partial charge in [0.15, 0.2) is 0 Å². The largest absolute Gasteiger partial charge is 0.442 e. The molecular weight excluding hydrogens is 282 g/mol. The average molecular weight is 307 g/mol. The summed E-state index contributed by atoms with van der Waals surface area (Å²) in [5, 5.41) is 1.03. The van der Waals surface area contributed by atoms with Crippen molar-refractivity contribution in [2.75, 3.05) is 31.3 Å². The van der Waals surface area contributed by atoms with Crippen LogP contribution in [0.3, 0.4) is 0 Å². The highest BCUT2D eigenvalue weighted by Crippen LogP contribution is 2.17. The van der Waals surface area contributed by atoms with Crippen LogP contribution in [0.25, 0.3) is 0 Å². The summed E-state index contributed by atoms with van der Waals surface area (Å²) in [6, 6.07) is 7.63. The van der Waals surface area contributed by atoms with Crippen LogP contribution in [0.4, 0.5) is 10.5 Å². The third kappa shape index (κ3) is 4.98. The number of carbonyl (C=O) groups excluding carboxylic acids is 1. The Balaban J connectivity index is 1.94. The molecular formula is C16H25N3O3. The van der Waals surface area contributed by atoms with Crippen LogP contribution in [0.2, 0.25) is 0 Å². The highest BCUT2D eigenvalue weighted by Gasteiger charge is 2.21. The quantitative estimate of drug-likeness (QED) is 0.526. The number of morpholine rings is 1. The molecule has 0 atom stereocenters. The maximum atomic E-state index is 11.9. The molecule has 0 saturated carbocycles. The van der Waals surface area contributed by atoms with Gasteiger partial charge in [-0.2, -0.15) is 0 Å². The number of rotatable bonds is 3. The van der Waals surface area contributed by atoms with E-state index in [1.54, 1.807) is 0 Å². The fourth-order valence-electron chi connectivity index (χ4n) is 2.20. The first-order valence-corrected chi connectivity index (χ1v) is 7.52. The zero-order valence-electron chi connectivity index (χ0n) is 13.5. The van der Waals surface area contributed by atoms with Gasteiger partial charge < -0.3 is 9.47 Å². The van der Waals surface area contributed by atoms with Gasteiger partial charge >= 0.3 is 6.09 Å². The van der Waals surface area contributed by atoms with E-state index in [-0.39, 0.29) is 0 Å². The molecule has 0 radical (unpaired) electrons. The van der Waals surface area contributed by atoms with E-state index in [9.17, 15) is 4.79 Å². The third-order valence-electron chi connectivity index (χ3n) is 3.31. The van der Waals surface area contributed by atoms with Crippen LogP contribution in [0.5, 0.6) is 0 Å². The van der Waals surface area contributed by atoms with Crippen LogP contribution in [0, 0.1) is 0 Å². The summed E-state index contributed by atoms with van der Waals surface area (Å²) in [7, 11) is 0. The summed E-state index contributed by atoms with van der Waals surface area (Å²) in [6.07, 6.45) is -0.562. The Hall–Kier alpha value is -1.63. The second kappa shape index (κ2) is 7.09. The standard InChI is InChI=1S/C16H25N3O3/c1-16(2,3)22-15(20)19(17)14-6-4-13(5-7-14)12-18-8-10-21-11-9-18/h4-7H,8-12,17H2,1-3H3. The Morgan fingerprint density at radius 1 is 1.27 bits per heavy atom. The summed E-state index contributed by atoms with van der Waals surface area (Å²) in [6.45, 7) is 9.77. The number of hydrogen-bond donors (Lipinski definition) is 1. The minimum atomic E-state index is -0.565. The first-order valence-electron chi connectivity index (χ1n) is 7.52. The smallest absolute Gasteiger partial charge is 0.429 e. The van der Waals surface area contributed by atoms with Crippen molar-refractivity contribution in [1.82, 2.24) is 4.90 Å². The molecule has 122 valence electrons. The van der Waals surface area contributed by atoms with E-state index in [0.29, 0.717) is 5.69 Å². The van der Waals surface area contributed by atoms with Crippen molar-refractivity contribution in [2.24, 2.45) is 5.84 Å². The zero-order chi connectivity index (χ0) is 16.2. The molecule has 0 aliphatic carbocycles. The number of hydrazine groups is 1. The van der Waals surface area contributed by atoms with Crippen LogP contribution in [-0.4, -0.2) is 42.9 Å². The highest BCUT2D eigenvalue weighted by molar-refractivity contribution is 5.86. The van der Waals surface area contributed by atoms with Gasteiger partial charge in [0.05, 0.1) is 18.9 Å². The molecule has 6 heteroatoms. The number of anilines is 1. The van der Waals surface area contributed by atoms with Crippen molar-refractivity contribution in [3.8, 4) is 0 Å². The summed E-state index contributed by atoms with van der Waals surface area (Å²) < 4.78 is 10.6. The van der Waals surface area contributed by atoms with Crippen LogP contribution >= 0.6 is 0 Å². The molecule has 6 nitrogen and oxygen atoms in total. The molecule has 1 fully saturated rings. The highest BCUT2D eigenvalue weighted by atomic mass is 16.6. The van der Waals surface area contributed by atoms with Gasteiger partial charge in [0.25, 0.3) is 0 Å². The maximum Gasteiger partial charge on any atom is 0.429 e. The van der Waals surface area contributed by atoms with Gasteiger partial charge in [-0.25, -0.2) is 15.6 Å². The molecule has 1 aromatic carbocycles. The summed E-state index contributed by atoms with van der Waals surface area (Å²) in [5.41, 5.74) is 1.23. The fraction of sp³-hybridized carbons (Fsp3) is 0.562. The molecule has 2 N–H and O–H groups in total. The molecule has 0 aromatic heterocycles. The Bertz CT molecular complexity index is 490. The van der Waals surface area contributed by atoms with Gasteiger partial charge in [0.1, 0.15) is 5.60 Å². The molecule has 1 aromatic rings. The minimum absolute atomic E-state index is 0.562.